The van der Waals surface area contributed by atoms with Crippen molar-refractivity contribution < 1.29 is 8.42 Å². The Bertz CT molecular complexity index is 511. The number of sulfonamides is 1. The van der Waals surface area contributed by atoms with E-state index in [1.165, 1.54) is 10.9 Å². The first kappa shape index (κ1) is 13.5. The summed E-state index contributed by atoms with van der Waals surface area (Å²) in [6, 6.07) is 0.394. The van der Waals surface area contributed by atoms with Crippen LogP contribution < -0.4 is 5.32 Å². The molecule has 6 nitrogen and oxygen atoms in total. The van der Waals surface area contributed by atoms with Crippen LogP contribution >= 0.6 is 0 Å². The van der Waals surface area contributed by atoms with Crippen LogP contribution in [0.3, 0.4) is 0 Å². The normalized spacial score (nSPS) is 26.4. The molecule has 1 aliphatic rings. The van der Waals surface area contributed by atoms with Gasteiger partial charge in [-0.2, -0.15) is 9.40 Å². The summed E-state index contributed by atoms with van der Waals surface area (Å²) in [5, 5.41) is 7.16. The Balaban J connectivity index is 2.17. The minimum Gasteiger partial charge on any atom is -0.317 e. The summed E-state index contributed by atoms with van der Waals surface area (Å²) in [6.07, 6.45) is 3.80. The third-order valence-corrected chi connectivity index (χ3v) is 5.38. The fourth-order valence-corrected chi connectivity index (χ4v) is 3.98. The van der Waals surface area contributed by atoms with E-state index in [0.717, 1.165) is 6.42 Å². The molecule has 2 rings (SSSR count). The van der Waals surface area contributed by atoms with E-state index in [1.54, 1.807) is 17.5 Å². The Hall–Kier alpha value is -0.920. The lowest BCUT2D eigenvalue weighted by molar-refractivity contribution is 0.228. The third kappa shape index (κ3) is 2.43. The van der Waals surface area contributed by atoms with Crippen LogP contribution in [0.15, 0.2) is 17.3 Å². The van der Waals surface area contributed by atoms with Crippen molar-refractivity contribution >= 4 is 10.0 Å². The van der Waals surface area contributed by atoms with Crippen LogP contribution in [0.25, 0.3) is 0 Å². The molecule has 1 aliphatic heterocycles. The number of aryl methyl sites for hydroxylation is 1. The molecule has 1 aromatic heterocycles. The summed E-state index contributed by atoms with van der Waals surface area (Å²) in [4.78, 5) is 0.278. The van der Waals surface area contributed by atoms with Gasteiger partial charge in [-0.3, -0.25) is 4.68 Å². The van der Waals surface area contributed by atoms with E-state index in [9.17, 15) is 8.42 Å². The molecule has 2 atom stereocenters. The molecule has 18 heavy (non-hydrogen) atoms. The standard InChI is InChI=1S/C11H20N4O2S/c1-9-7-15(5-4-11(9)12-2)18(16,17)10-6-13-14(3)8-10/h6,8-9,11-12H,4-5,7H2,1-3H3. The highest BCUT2D eigenvalue weighted by molar-refractivity contribution is 7.89. The summed E-state index contributed by atoms with van der Waals surface area (Å²) < 4.78 is 27.9. The molecule has 2 heterocycles. The molecule has 102 valence electrons. The van der Waals surface area contributed by atoms with Crippen molar-refractivity contribution in [1.82, 2.24) is 19.4 Å². The molecule has 2 unspecified atom stereocenters. The van der Waals surface area contributed by atoms with Crippen LogP contribution in [0.5, 0.6) is 0 Å². The van der Waals surface area contributed by atoms with Gasteiger partial charge in [-0.25, -0.2) is 8.42 Å². The van der Waals surface area contributed by atoms with Crippen molar-refractivity contribution in [3.63, 3.8) is 0 Å². The summed E-state index contributed by atoms with van der Waals surface area (Å²) in [5.74, 6) is 0.315. The van der Waals surface area contributed by atoms with E-state index in [2.05, 4.69) is 17.3 Å². The molecular formula is C11H20N4O2S. The lowest BCUT2D eigenvalue weighted by atomic mass is 9.96. The minimum absolute atomic E-state index is 0.278. The minimum atomic E-state index is -3.38. The van der Waals surface area contributed by atoms with E-state index < -0.39 is 10.0 Å². The second-order valence-corrected chi connectivity index (χ2v) is 6.81. The Morgan fingerprint density at radius 2 is 2.22 bits per heavy atom. The predicted molar refractivity (Wildman–Crippen MR) is 68.6 cm³/mol. The maximum atomic E-state index is 12.4. The molecule has 0 aromatic carbocycles. The van der Waals surface area contributed by atoms with Crippen molar-refractivity contribution in [3.8, 4) is 0 Å². The Morgan fingerprint density at radius 3 is 2.72 bits per heavy atom. The fraction of sp³-hybridized carbons (Fsp3) is 0.727. The molecule has 0 bridgehead atoms. The number of hydrogen-bond donors (Lipinski definition) is 1. The zero-order valence-corrected chi connectivity index (χ0v) is 11.8. The number of hydrogen-bond acceptors (Lipinski definition) is 4. The first-order valence-corrected chi connectivity index (χ1v) is 7.55. The highest BCUT2D eigenvalue weighted by atomic mass is 32.2. The van der Waals surface area contributed by atoms with Gasteiger partial charge in [0.1, 0.15) is 4.90 Å². The number of rotatable bonds is 3. The lowest BCUT2D eigenvalue weighted by Gasteiger charge is -2.35. The van der Waals surface area contributed by atoms with Crippen LogP contribution in [-0.4, -0.2) is 48.7 Å². The highest BCUT2D eigenvalue weighted by Crippen LogP contribution is 2.23. The van der Waals surface area contributed by atoms with Crippen molar-refractivity contribution in [1.29, 1.82) is 0 Å². The van der Waals surface area contributed by atoms with Crippen LogP contribution in [0.2, 0.25) is 0 Å². The first-order valence-electron chi connectivity index (χ1n) is 6.11. The predicted octanol–water partition coefficient (Wildman–Crippen LogP) is 0.0386. The highest BCUT2D eigenvalue weighted by Gasteiger charge is 2.33. The van der Waals surface area contributed by atoms with Crippen molar-refractivity contribution in [3.05, 3.63) is 12.4 Å². The maximum Gasteiger partial charge on any atom is 0.246 e. The van der Waals surface area contributed by atoms with Crippen molar-refractivity contribution in [2.75, 3.05) is 20.1 Å². The van der Waals surface area contributed by atoms with Crippen molar-refractivity contribution in [2.24, 2.45) is 13.0 Å². The van der Waals surface area contributed by atoms with E-state index in [1.807, 2.05) is 7.05 Å². The Kier molecular flexibility index (Phi) is 3.74. The maximum absolute atomic E-state index is 12.4. The molecule has 0 radical (unpaired) electrons. The fourth-order valence-electron chi connectivity index (χ4n) is 2.44. The van der Waals surface area contributed by atoms with E-state index in [4.69, 9.17) is 0 Å². The van der Waals surface area contributed by atoms with Crippen LogP contribution in [-0.2, 0) is 17.1 Å². The van der Waals surface area contributed by atoms with Crippen LogP contribution in [0, 0.1) is 5.92 Å². The molecule has 7 heteroatoms. The molecular weight excluding hydrogens is 252 g/mol. The molecule has 0 amide bonds. The van der Waals surface area contributed by atoms with Gasteiger partial charge in [0, 0.05) is 32.4 Å². The average Bonchev–Trinajstić information content (AvgIpc) is 2.76. The van der Waals surface area contributed by atoms with Gasteiger partial charge in [0.15, 0.2) is 0 Å². The van der Waals surface area contributed by atoms with Gasteiger partial charge < -0.3 is 5.32 Å². The van der Waals surface area contributed by atoms with Gasteiger partial charge in [0.05, 0.1) is 6.20 Å². The summed E-state index contributed by atoms with van der Waals surface area (Å²) in [7, 11) is 0.257. The quantitative estimate of drug-likeness (QED) is 0.843. The van der Waals surface area contributed by atoms with Gasteiger partial charge in [-0.15, -0.1) is 0 Å². The van der Waals surface area contributed by atoms with Gasteiger partial charge >= 0.3 is 0 Å². The molecule has 0 aliphatic carbocycles. The monoisotopic (exact) mass is 272 g/mol. The Labute approximate surface area is 108 Å². The smallest absolute Gasteiger partial charge is 0.246 e. The zero-order chi connectivity index (χ0) is 13.3. The molecule has 1 aromatic rings. The summed E-state index contributed by atoms with van der Waals surface area (Å²) >= 11 is 0. The average molecular weight is 272 g/mol. The van der Waals surface area contributed by atoms with Crippen molar-refractivity contribution in [2.45, 2.75) is 24.3 Å². The Morgan fingerprint density at radius 1 is 1.50 bits per heavy atom. The number of aromatic nitrogens is 2. The van der Waals surface area contributed by atoms with E-state index in [0.29, 0.717) is 25.0 Å². The van der Waals surface area contributed by atoms with Gasteiger partial charge in [0.2, 0.25) is 10.0 Å². The molecule has 1 N–H and O–H groups in total. The molecule has 1 saturated heterocycles. The largest absolute Gasteiger partial charge is 0.317 e. The summed E-state index contributed by atoms with van der Waals surface area (Å²) in [5.41, 5.74) is 0. The summed E-state index contributed by atoms with van der Waals surface area (Å²) in [6.45, 7) is 3.20. The molecule has 0 spiro atoms. The second kappa shape index (κ2) is 4.99. The third-order valence-electron chi connectivity index (χ3n) is 3.56. The molecule has 1 fully saturated rings. The van der Waals surface area contributed by atoms with Crippen LogP contribution in [0.1, 0.15) is 13.3 Å². The van der Waals surface area contributed by atoms with Crippen LogP contribution in [0.4, 0.5) is 0 Å². The number of nitrogens with one attached hydrogen (secondary N) is 1. The van der Waals surface area contributed by atoms with Gasteiger partial charge in [0.25, 0.3) is 0 Å². The zero-order valence-electron chi connectivity index (χ0n) is 11.0. The first-order chi connectivity index (χ1) is 8.45. The number of nitrogens with zero attached hydrogens (tertiary/aromatic N) is 3. The SMILES string of the molecule is CNC1CCN(S(=O)(=O)c2cnn(C)c2)CC1C. The second-order valence-electron chi connectivity index (χ2n) is 4.87. The number of piperidine rings is 1. The van der Waals surface area contributed by atoms with E-state index in [-0.39, 0.29) is 4.90 Å². The topological polar surface area (TPSA) is 67.2 Å². The lowest BCUT2D eigenvalue weighted by Crippen LogP contribution is -2.49. The molecule has 0 saturated carbocycles. The van der Waals surface area contributed by atoms with E-state index >= 15 is 0 Å². The van der Waals surface area contributed by atoms with Gasteiger partial charge in [-0.05, 0) is 19.4 Å². The van der Waals surface area contributed by atoms with Gasteiger partial charge in [-0.1, -0.05) is 6.92 Å².